The van der Waals surface area contributed by atoms with Crippen LogP contribution in [-0.2, 0) is 14.8 Å². The van der Waals surface area contributed by atoms with Crippen molar-refractivity contribution in [2.24, 2.45) is 5.73 Å². The van der Waals surface area contributed by atoms with Crippen LogP contribution in [0, 0.1) is 5.41 Å². The second-order valence-electron chi connectivity index (χ2n) is 3.93. The Morgan fingerprint density at radius 2 is 2.05 bits per heavy atom. The number of nitrogens with one attached hydrogen (secondary N) is 2. The van der Waals surface area contributed by atoms with Gasteiger partial charge in [0, 0.05) is 6.61 Å². The third-order valence-corrected chi connectivity index (χ3v) is 3.74. The highest BCUT2D eigenvalue weighted by molar-refractivity contribution is 7.89. The molecule has 0 heterocycles. The minimum absolute atomic E-state index is 0.116. The molecule has 0 saturated carbocycles. The summed E-state index contributed by atoms with van der Waals surface area (Å²) >= 11 is 0. The van der Waals surface area contributed by atoms with Crippen LogP contribution in [0.4, 0.5) is 0 Å². The molecule has 7 heteroatoms. The smallest absolute Gasteiger partial charge is 0.214 e. The van der Waals surface area contributed by atoms with Crippen molar-refractivity contribution in [3.8, 4) is 0 Å². The number of amidine groups is 1. The maximum atomic E-state index is 11.9. The van der Waals surface area contributed by atoms with Crippen LogP contribution in [0.2, 0.25) is 0 Å². The monoisotopic (exact) mass is 285 g/mol. The topological polar surface area (TPSA) is 105 Å². The highest BCUT2D eigenvalue weighted by Gasteiger charge is 2.21. The number of ether oxygens (including phenoxy) is 1. The fraction of sp³-hybridized carbons (Fsp3) is 0.417. The molecule has 106 valence electrons. The van der Waals surface area contributed by atoms with Gasteiger partial charge in [0.15, 0.2) is 0 Å². The summed E-state index contributed by atoms with van der Waals surface area (Å²) in [5, 5.41) is 7.50. The van der Waals surface area contributed by atoms with Gasteiger partial charge in [-0.05, 0) is 12.5 Å². The Hall–Kier alpha value is -1.44. The first-order chi connectivity index (χ1) is 8.96. The molecular formula is C12H19N3O3S. The van der Waals surface area contributed by atoms with Crippen molar-refractivity contribution >= 4 is 15.9 Å². The molecule has 1 unspecified atom stereocenters. The highest BCUT2D eigenvalue weighted by atomic mass is 32.2. The summed E-state index contributed by atoms with van der Waals surface area (Å²) in [4.78, 5) is 0. The van der Waals surface area contributed by atoms with Gasteiger partial charge in [-0.1, -0.05) is 30.3 Å². The van der Waals surface area contributed by atoms with E-state index in [1.807, 2.05) is 6.07 Å². The molecule has 6 nitrogen and oxygen atoms in total. The van der Waals surface area contributed by atoms with Crippen LogP contribution < -0.4 is 10.5 Å². The Bertz CT molecular complexity index is 502. The zero-order chi connectivity index (χ0) is 14.3. The zero-order valence-corrected chi connectivity index (χ0v) is 11.6. The van der Waals surface area contributed by atoms with Gasteiger partial charge in [-0.2, -0.15) is 0 Å². The normalized spacial score (nSPS) is 13.1. The van der Waals surface area contributed by atoms with Gasteiger partial charge in [0.2, 0.25) is 10.0 Å². The van der Waals surface area contributed by atoms with E-state index < -0.39 is 16.1 Å². The van der Waals surface area contributed by atoms with Crippen LogP contribution in [0.15, 0.2) is 30.3 Å². The number of hydrogen-bond donors (Lipinski definition) is 3. The van der Waals surface area contributed by atoms with Crippen LogP contribution in [0.5, 0.6) is 0 Å². The average Bonchev–Trinajstić information content (AvgIpc) is 2.37. The van der Waals surface area contributed by atoms with Crippen molar-refractivity contribution in [3.63, 3.8) is 0 Å². The Kier molecular flexibility index (Phi) is 5.94. The minimum Gasteiger partial charge on any atom is -0.386 e. The molecule has 0 radical (unpaired) electrons. The van der Waals surface area contributed by atoms with Gasteiger partial charge in [0.1, 0.15) is 11.9 Å². The predicted molar refractivity (Wildman–Crippen MR) is 74.5 cm³/mol. The Balaban J connectivity index is 2.77. The molecule has 0 bridgehead atoms. The van der Waals surface area contributed by atoms with Crippen molar-refractivity contribution in [3.05, 3.63) is 35.9 Å². The van der Waals surface area contributed by atoms with E-state index in [1.54, 1.807) is 31.2 Å². The van der Waals surface area contributed by atoms with Crippen LogP contribution in [0.25, 0.3) is 0 Å². The second-order valence-corrected chi connectivity index (χ2v) is 5.81. The first-order valence-corrected chi connectivity index (χ1v) is 7.58. The number of nitrogens with two attached hydrogens (primary N) is 1. The molecule has 1 aromatic rings. The standard InChI is InChI=1S/C12H19N3O3S/c1-2-18-8-9-19(16,17)15-11(12(13)14)10-6-4-3-5-7-10/h3-7,11,15H,2,8-9H2,1H3,(H3,13,14). The fourth-order valence-electron chi connectivity index (χ4n) is 1.51. The van der Waals surface area contributed by atoms with E-state index in [1.165, 1.54) is 0 Å². The van der Waals surface area contributed by atoms with E-state index in [0.29, 0.717) is 12.2 Å². The Labute approximate surface area is 113 Å². The summed E-state index contributed by atoms with van der Waals surface area (Å²) in [6.45, 7) is 2.37. The summed E-state index contributed by atoms with van der Waals surface area (Å²) in [5.74, 6) is -0.400. The second kappa shape index (κ2) is 7.22. The van der Waals surface area contributed by atoms with E-state index in [4.69, 9.17) is 15.9 Å². The maximum Gasteiger partial charge on any atom is 0.214 e. The molecule has 0 saturated heterocycles. The summed E-state index contributed by atoms with van der Waals surface area (Å²) in [5.41, 5.74) is 6.09. The lowest BCUT2D eigenvalue weighted by Gasteiger charge is -2.17. The van der Waals surface area contributed by atoms with Gasteiger partial charge in [0.25, 0.3) is 0 Å². The molecule has 0 aromatic heterocycles. The predicted octanol–water partition coefficient (Wildman–Crippen LogP) is 0.620. The van der Waals surface area contributed by atoms with Gasteiger partial charge in [-0.25, -0.2) is 13.1 Å². The van der Waals surface area contributed by atoms with E-state index in [9.17, 15) is 8.42 Å². The lowest BCUT2D eigenvalue weighted by atomic mass is 10.1. The molecule has 4 N–H and O–H groups in total. The Morgan fingerprint density at radius 3 is 2.58 bits per heavy atom. The van der Waals surface area contributed by atoms with Gasteiger partial charge in [-0.15, -0.1) is 0 Å². The third-order valence-electron chi connectivity index (χ3n) is 2.44. The number of sulfonamides is 1. The molecular weight excluding hydrogens is 266 g/mol. The molecule has 0 amide bonds. The van der Waals surface area contributed by atoms with E-state index in [2.05, 4.69) is 4.72 Å². The van der Waals surface area contributed by atoms with Crippen molar-refractivity contribution in [1.82, 2.24) is 4.72 Å². The first-order valence-electron chi connectivity index (χ1n) is 5.93. The van der Waals surface area contributed by atoms with Crippen LogP contribution >= 0.6 is 0 Å². The fourth-order valence-corrected chi connectivity index (χ4v) is 2.59. The molecule has 0 aliphatic heterocycles. The number of hydrogen-bond acceptors (Lipinski definition) is 4. The first kappa shape index (κ1) is 15.6. The van der Waals surface area contributed by atoms with Gasteiger partial charge in [-0.3, -0.25) is 5.41 Å². The quantitative estimate of drug-likeness (QED) is 0.370. The highest BCUT2D eigenvalue weighted by Crippen LogP contribution is 2.13. The lowest BCUT2D eigenvalue weighted by Crippen LogP contribution is -2.39. The van der Waals surface area contributed by atoms with Gasteiger partial charge >= 0.3 is 0 Å². The average molecular weight is 285 g/mol. The summed E-state index contributed by atoms with van der Waals surface area (Å²) < 4.78 is 31.1. The Morgan fingerprint density at radius 1 is 1.42 bits per heavy atom. The van der Waals surface area contributed by atoms with Crippen molar-refractivity contribution in [2.45, 2.75) is 13.0 Å². The number of rotatable bonds is 8. The van der Waals surface area contributed by atoms with Gasteiger partial charge in [0.05, 0.1) is 12.4 Å². The van der Waals surface area contributed by atoms with E-state index >= 15 is 0 Å². The molecule has 0 fully saturated rings. The molecule has 1 atom stereocenters. The summed E-state index contributed by atoms with van der Waals surface area (Å²) in [6.07, 6.45) is 0. The van der Waals surface area contributed by atoms with E-state index in [0.717, 1.165) is 0 Å². The maximum absolute atomic E-state index is 11.9. The van der Waals surface area contributed by atoms with Gasteiger partial charge < -0.3 is 10.5 Å². The van der Waals surface area contributed by atoms with Crippen LogP contribution in [0.1, 0.15) is 18.5 Å². The van der Waals surface area contributed by atoms with Crippen LogP contribution in [0.3, 0.4) is 0 Å². The molecule has 1 rings (SSSR count). The lowest BCUT2D eigenvalue weighted by molar-refractivity contribution is 0.163. The summed E-state index contributed by atoms with van der Waals surface area (Å²) in [6, 6.07) is 7.94. The van der Waals surface area contributed by atoms with Crippen molar-refractivity contribution < 1.29 is 13.2 Å². The molecule has 0 aliphatic rings. The largest absolute Gasteiger partial charge is 0.386 e. The molecule has 19 heavy (non-hydrogen) atoms. The van der Waals surface area contributed by atoms with Crippen LogP contribution in [-0.4, -0.2) is 33.2 Å². The van der Waals surface area contributed by atoms with Crippen molar-refractivity contribution in [2.75, 3.05) is 19.0 Å². The summed E-state index contributed by atoms with van der Waals surface area (Å²) in [7, 11) is -3.54. The third kappa shape index (κ3) is 5.37. The minimum atomic E-state index is -3.54. The number of benzene rings is 1. The zero-order valence-electron chi connectivity index (χ0n) is 10.8. The van der Waals surface area contributed by atoms with Crippen molar-refractivity contribution in [1.29, 1.82) is 5.41 Å². The SMILES string of the molecule is CCOCCS(=O)(=O)NC(C(=N)N)c1ccccc1. The molecule has 0 aliphatic carbocycles. The van der Waals surface area contributed by atoms with E-state index in [-0.39, 0.29) is 18.2 Å². The molecule has 1 aromatic carbocycles. The molecule has 0 spiro atoms.